The maximum absolute atomic E-state index is 12.4. The smallest absolute Gasteiger partial charge is 0.328 e. The number of aromatic nitrogens is 2. The van der Waals surface area contributed by atoms with Gasteiger partial charge >= 0.3 is 5.97 Å². The standard InChI is InChI=1S/C14H17N3O4S2/c1-8-7-23-14-15-6-9(12(19)17(8)14)11(18)16-10(4-5-22-3)13(20)21-2/h6-7,10H,4-5H2,1-3H3,(H,16,18)/t10-/m0/s1. The van der Waals surface area contributed by atoms with Crippen molar-refractivity contribution in [3.63, 3.8) is 0 Å². The lowest BCUT2D eigenvalue weighted by Crippen LogP contribution is -2.43. The van der Waals surface area contributed by atoms with Gasteiger partial charge in [0, 0.05) is 17.3 Å². The van der Waals surface area contributed by atoms with Crippen molar-refractivity contribution < 1.29 is 14.3 Å². The zero-order valence-corrected chi connectivity index (χ0v) is 14.6. The van der Waals surface area contributed by atoms with Gasteiger partial charge in [-0.3, -0.25) is 14.0 Å². The molecule has 1 amide bonds. The second kappa shape index (κ2) is 7.60. The Bertz CT molecular complexity index is 784. The molecule has 0 spiro atoms. The van der Waals surface area contributed by atoms with Crippen LogP contribution in [0.3, 0.4) is 0 Å². The van der Waals surface area contributed by atoms with Crippen molar-refractivity contribution in [2.75, 3.05) is 19.1 Å². The van der Waals surface area contributed by atoms with Gasteiger partial charge in [0.25, 0.3) is 11.5 Å². The number of nitrogens with zero attached hydrogens (tertiary/aromatic N) is 2. The molecule has 1 N–H and O–H groups in total. The minimum absolute atomic E-state index is 0.0953. The summed E-state index contributed by atoms with van der Waals surface area (Å²) in [4.78, 5) is 41.2. The highest BCUT2D eigenvalue weighted by molar-refractivity contribution is 7.98. The van der Waals surface area contributed by atoms with Crippen LogP contribution >= 0.6 is 23.1 Å². The molecule has 0 fully saturated rings. The molecule has 2 aromatic rings. The van der Waals surface area contributed by atoms with Crippen molar-refractivity contribution in [3.05, 3.63) is 33.2 Å². The third-order valence-electron chi connectivity index (χ3n) is 3.26. The molecule has 0 saturated carbocycles. The number of ether oxygens (including phenoxy) is 1. The Morgan fingerprint density at radius 1 is 1.52 bits per heavy atom. The highest BCUT2D eigenvalue weighted by Gasteiger charge is 2.24. The van der Waals surface area contributed by atoms with E-state index in [1.54, 1.807) is 24.1 Å². The molecule has 2 rings (SSSR count). The van der Waals surface area contributed by atoms with Crippen molar-refractivity contribution in [1.29, 1.82) is 0 Å². The fraction of sp³-hybridized carbons (Fsp3) is 0.429. The summed E-state index contributed by atoms with van der Waals surface area (Å²) in [6.07, 6.45) is 3.57. The molecule has 0 aliphatic carbocycles. The van der Waals surface area contributed by atoms with Crippen LogP contribution < -0.4 is 10.9 Å². The Labute approximate surface area is 141 Å². The number of aryl methyl sites for hydroxylation is 1. The van der Waals surface area contributed by atoms with Gasteiger partial charge in [0.15, 0.2) is 4.96 Å². The van der Waals surface area contributed by atoms with E-state index in [4.69, 9.17) is 4.74 Å². The van der Waals surface area contributed by atoms with Crippen molar-refractivity contribution in [1.82, 2.24) is 14.7 Å². The van der Waals surface area contributed by atoms with Gasteiger partial charge in [-0.1, -0.05) is 0 Å². The number of esters is 1. The molecule has 2 aromatic heterocycles. The van der Waals surface area contributed by atoms with E-state index in [2.05, 4.69) is 10.3 Å². The number of thiazole rings is 1. The Hall–Kier alpha value is -1.87. The second-order valence-corrected chi connectivity index (χ2v) is 6.62. The molecule has 23 heavy (non-hydrogen) atoms. The minimum atomic E-state index is -0.788. The van der Waals surface area contributed by atoms with E-state index >= 15 is 0 Å². The number of thioether (sulfide) groups is 1. The maximum Gasteiger partial charge on any atom is 0.328 e. The molecule has 0 aliphatic heterocycles. The first-order valence-corrected chi connectivity index (χ1v) is 9.10. The van der Waals surface area contributed by atoms with Crippen molar-refractivity contribution in [2.24, 2.45) is 0 Å². The van der Waals surface area contributed by atoms with Crippen LogP contribution in [0.4, 0.5) is 0 Å². The van der Waals surface area contributed by atoms with E-state index in [1.807, 2.05) is 6.26 Å². The summed E-state index contributed by atoms with van der Waals surface area (Å²) in [6, 6.07) is -0.788. The summed E-state index contributed by atoms with van der Waals surface area (Å²) < 4.78 is 6.08. The molecule has 2 heterocycles. The summed E-state index contributed by atoms with van der Waals surface area (Å²) in [7, 11) is 1.26. The van der Waals surface area contributed by atoms with Crippen LogP contribution in [-0.4, -0.2) is 46.4 Å². The number of carbonyl (C=O) groups is 2. The lowest BCUT2D eigenvalue weighted by molar-refractivity contribution is -0.142. The van der Waals surface area contributed by atoms with Gasteiger partial charge in [0.1, 0.15) is 11.6 Å². The summed E-state index contributed by atoms with van der Waals surface area (Å²) in [5.41, 5.74) is 0.172. The highest BCUT2D eigenvalue weighted by Crippen LogP contribution is 2.11. The summed E-state index contributed by atoms with van der Waals surface area (Å²) in [5, 5.41) is 4.35. The minimum Gasteiger partial charge on any atom is -0.467 e. The van der Waals surface area contributed by atoms with E-state index in [0.717, 1.165) is 0 Å². The number of carbonyl (C=O) groups excluding carboxylic acids is 2. The zero-order valence-electron chi connectivity index (χ0n) is 13.0. The van der Waals surface area contributed by atoms with E-state index < -0.39 is 23.5 Å². The Morgan fingerprint density at radius 2 is 2.26 bits per heavy atom. The fourth-order valence-corrected chi connectivity index (χ4v) is 3.34. The molecule has 124 valence electrons. The van der Waals surface area contributed by atoms with Crippen LogP contribution in [0.15, 0.2) is 16.4 Å². The lowest BCUT2D eigenvalue weighted by Gasteiger charge is -2.15. The maximum atomic E-state index is 12.4. The Balaban J connectivity index is 2.28. The Kier molecular flexibility index (Phi) is 5.78. The van der Waals surface area contributed by atoms with Crippen LogP contribution in [0, 0.1) is 6.92 Å². The van der Waals surface area contributed by atoms with E-state index in [1.165, 1.54) is 29.0 Å². The van der Waals surface area contributed by atoms with Crippen LogP contribution in [0.25, 0.3) is 4.96 Å². The molecule has 0 unspecified atom stereocenters. The van der Waals surface area contributed by atoms with Crippen molar-refractivity contribution >= 4 is 39.9 Å². The number of rotatable bonds is 6. The average molecular weight is 355 g/mol. The van der Waals surface area contributed by atoms with Gasteiger partial charge in [-0.2, -0.15) is 11.8 Å². The largest absolute Gasteiger partial charge is 0.467 e. The van der Waals surface area contributed by atoms with Crippen LogP contribution in [0.1, 0.15) is 22.5 Å². The van der Waals surface area contributed by atoms with E-state index in [-0.39, 0.29) is 5.56 Å². The SMILES string of the molecule is COC(=O)[C@H](CCSC)NC(=O)c1cnc2scc(C)n2c1=O. The molecule has 0 bridgehead atoms. The number of amides is 1. The predicted molar refractivity (Wildman–Crippen MR) is 90.3 cm³/mol. The number of hydrogen-bond donors (Lipinski definition) is 1. The highest BCUT2D eigenvalue weighted by atomic mass is 32.2. The number of fused-ring (bicyclic) bond motifs is 1. The molecule has 0 saturated heterocycles. The van der Waals surface area contributed by atoms with Gasteiger partial charge in [-0.15, -0.1) is 11.3 Å². The molecule has 1 atom stereocenters. The first kappa shape index (κ1) is 17.5. The number of hydrogen-bond acceptors (Lipinski definition) is 7. The second-order valence-electron chi connectivity index (χ2n) is 4.80. The third kappa shape index (κ3) is 3.73. The molecule has 0 radical (unpaired) electrons. The molecule has 0 aliphatic rings. The van der Waals surface area contributed by atoms with E-state index in [0.29, 0.717) is 22.8 Å². The lowest BCUT2D eigenvalue weighted by atomic mass is 10.2. The van der Waals surface area contributed by atoms with Crippen LogP contribution in [-0.2, 0) is 9.53 Å². The third-order valence-corrected chi connectivity index (χ3v) is 4.86. The van der Waals surface area contributed by atoms with Gasteiger partial charge in [-0.05, 0) is 25.4 Å². The summed E-state index contributed by atoms with van der Waals surface area (Å²) >= 11 is 2.88. The molecule has 7 nitrogen and oxygen atoms in total. The quantitative estimate of drug-likeness (QED) is 0.780. The first-order chi connectivity index (χ1) is 11.0. The van der Waals surface area contributed by atoms with Crippen molar-refractivity contribution in [2.45, 2.75) is 19.4 Å². The monoisotopic (exact) mass is 355 g/mol. The van der Waals surface area contributed by atoms with Gasteiger partial charge in [0.2, 0.25) is 0 Å². The molecule has 0 aromatic carbocycles. The van der Waals surface area contributed by atoms with E-state index in [9.17, 15) is 14.4 Å². The number of methoxy groups -OCH3 is 1. The van der Waals surface area contributed by atoms with Crippen LogP contribution in [0.2, 0.25) is 0 Å². The van der Waals surface area contributed by atoms with Crippen LogP contribution in [0.5, 0.6) is 0 Å². The summed E-state index contributed by atoms with van der Waals surface area (Å²) in [5.74, 6) is -0.479. The normalized spacial score (nSPS) is 12.1. The molecule has 9 heteroatoms. The summed E-state index contributed by atoms with van der Waals surface area (Å²) in [6.45, 7) is 1.77. The molecular formula is C14H17N3O4S2. The van der Waals surface area contributed by atoms with Gasteiger partial charge in [-0.25, -0.2) is 9.78 Å². The topological polar surface area (TPSA) is 89.8 Å². The van der Waals surface area contributed by atoms with Gasteiger partial charge < -0.3 is 10.1 Å². The predicted octanol–water partition coefficient (Wildman–Crippen LogP) is 1.09. The van der Waals surface area contributed by atoms with Crippen molar-refractivity contribution in [3.8, 4) is 0 Å². The fourth-order valence-electron chi connectivity index (χ4n) is 2.04. The average Bonchev–Trinajstić information content (AvgIpc) is 2.92. The Morgan fingerprint density at radius 3 is 2.91 bits per heavy atom. The molecular weight excluding hydrogens is 338 g/mol. The number of nitrogens with one attached hydrogen (secondary N) is 1. The first-order valence-electron chi connectivity index (χ1n) is 6.83. The van der Waals surface area contributed by atoms with Gasteiger partial charge in [0.05, 0.1) is 7.11 Å². The zero-order chi connectivity index (χ0) is 17.0.